The Morgan fingerprint density at radius 1 is 1.53 bits per heavy atom. The molecule has 1 aliphatic heterocycles. The lowest BCUT2D eigenvalue weighted by Crippen LogP contribution is -2.12. The van der Waals surface area contributed by atoms with E-state index in [4.69, 9.17) is 9.47 Å². The lowest BCUT2D eigenvalue weighted by atomic mass is 10.2. The average molecular weight is 300 g/mol. The standard InChI is InChI=1S/C13H18BrNO2/c1-16-13-9-10(4-5-12(13)14)15-7-6-11-3-2-8-17-11/h4-5,9,11,15H,2-3,6-8H2,1H3. The van der Waals surface area contributed by atoms with Gasteiger partial charge >= 0.3 is 0 Å². The molecular weight excluding hydrogens is 282 g/mol. The summed E-state index contributed by atoms with van der Waals surface area (Å²) < 4.78 is 11.8. The number of anilines is 1. The largest absolute Gasteiger partial charge is 0.495 e. The molecule has 0 aromatic heterocycles. The van der Waals surface area contributed by atoms with Crippen LogP contribution in [0.3, 0.4) is 0 Å². The molecule has 0 radical (unpaired) electrons. The fourth-order valence-electron chi connectivity index (χ4n) is 2.02. The SMILES string of the molecule is COc1cc(NCCC2CCCO2)ccc1Br. The van der Waals surface area contributed by atoms with E-state index >= 15 is 0 Å². The minimum Gasteiger partial charge on any atom is -0.495 e. The molecule has 94 valence electrons. The first-order valence-electron chi connectivity index (χ1n) is 5.98. The van der Waals surface area contributed by atoms with Crippen LogP contribution in [0.15, 0.2) is 22.7 Å². The van der Waals surface area contributed by atoms with Crippen molar-refractivity contribution in [3.8, 4) is 5.75 Å². The quantitative estimate of drug-likeness (QED) is 0.903. The molecule has 0 spiro atoms. The molecule has 0 saturated carbocycles. The van der Waals surface area contributed by atoms with E-state index in [1.165, 1.54) is 12.8 Å². The number of halogens is 1. The Balaban J connectivity index is 1.81. The Kier molecular flexibility index (Phi) is 4.68. The van der Waals surface area contributed by atoms with Gasteiger partial charge in [0.1, 0.15) is 5.75 Å². The summed E-state index contributed by atoms with van der Waals surface area (Å²) in [6, 6.07) is 6.04. The van der Waals surface area contributed by atoms with E-state index in [2.05, 4.69) is 21.2 Å². The number of hydrogen-bond donors (Lipinski definition) is 1. The van der Waals surface area contributed by atoms with E-state index in [1.807, 2.05) is 18.2 Å². The zero-order valence-corrected chi connectivity index (χ0v) is 11.6. The molecular formula is C13H18BrNO2. The van der Waals surface area contributed by atoms with Gasteiger partial charge in [0, 0.05) is 24.9 Å². The summed E-state index contributed by atoms with van der Waals surface area (Å²) in [5, 5.41) is 3.39. The zero-order valence-electron chi connectivity index (χ0n) is 10.0. The van der Waals surface area contributed by atoms with Crippen LogP contribution in [0.2, 0.25) is 0 Å². The monoisotopic (exact) mass is 299 g/mol. The Labute approximate surface area is 111 Å². The number of benzene rings is 1. The van der Waals surface area contributed by atoms with Crippen LogP contribution >= 0.6 is 15.9 Å². The topological polar surface area (TPSA) is 30.5 Å². The first kappa shape index (κ1) is 12.7. The van der Waals surface area contributed by atoms with Gasteiger partial charge in [0.05, 0.1) is 17.7 Å². The molecule has 1 aliphatic rings. The van der Waals surface area contributed by atoms with Gasteiger partial charge in [-0.3, -0.25) is 0 Å². The van der Waals surface area contributed by atoms with Crippen molar-refractivity contribution >= 4 is 21.6 Å². The Morgan fingerprint density at radius 3 is 3.12 bits per heavy atom. The minimum absolute atomic E-state index is 0.444. The van der Waals surface area contributed by atoms with Gasteiger partial charge in [0.25, 0.3) is 0 Å². The molecule has 3 nitrogen and oxygen atoms in total. The fraction of sp³-hybridized carbons (Fsp3) is 0.538. The highest BCUT2D eigenvalue weighted by Gasteiger charge is 2.14. The van der Waals surface area contributed by atoms with Gasteiger partial charge < -0.3 is 14.8 Å². The third-order valence-corrected chi connectivity index (χ3v) is 3.63. The lowest BCUT2D eigenvalue weighted by Gasteiger charge is -2.12. The molecule has 0 amide bonds. The van der Waals surface area contributed by atoms with Crippen molar-refractivity contribution in [2.75, 3.05) is 25.6 Å². The molecule has 1 N–H and O–H groups in total. The van der Waals surface area contributed by atoms with Crippen LogP contribution in [-0.4, -0.2) is 26.4 Å². The molecule has 1 unspecified atom stereocenters. The van der Waals surface area contributed by atoms with Crippen LogP contribution < -0.4 is 10.1 Å². The second kappa shape index (κ2) is 6.26. The van der Waals surface area contributed by atoms with Crippen LogP contribution in [0, 0.1) is 0 Å². The number of methoxy groups -OCH3 is 1. The van der Waals surface area contributed by atoms with E-state index in [-0.39, 0.29) is 0 Å². The number of nitrogens with one attached hydrogen (secondary N) is 1. The molecule has 1 heterocycles. The lowest BCUT2D eigenvalue weighted by molar-refractivity contribution is 0.107. The van der Waals surface area contributed by atoms with Gasteiger partial charge in [-0.2, -0.15) is 0 Å². The van der Waals surface area contributed by atoms with Crippen molar-refractivity contribution in [1.29, 1.82) is 0 Å². The highest BCUT2D eigenvalue weighted by molar-refractivity contribution is 9.10. The second-order valence-electron chi connectivity index (χ2n) is 4.20. The van der Waals surface area contributed by atoms with Crippen LogP contribution in [0.5, 0.6) is 5.75 Å². The third-order valence-electron chi connectivity index (χ3n) is 2.97. The minimum atomic E-state index is 0.444. The van der Waals surface area contributed by atoms with Crippen LogP contribution in [0.25, 0.3) is 0 Å². The number of ether oxygens (including phenoxy) is 2. The second-order valence-corrected chi connectivity index (χ2v) is 5.05. The van der Waals surface area contributed by atoms with Gasteiger partial charge in [0.2, 0.25) is 0 Å². The van der Waals surface area contributed by atoms with E-state index in [0.29, 0.717) is 6.10 Å². The summed E-state index contributed by atoms with van der Waals surface area (Å²) >= 11 is 3.44. The smallest absolute Gasteiger partial charge is 0.135 e. The molecule has 1 saturated heterocycles. The summed E-state index contributed by atoms with van der Waals surface area (Å²) in [6.07, 6.45) is 3.92. The van der Waals surface area contributed by atoms with Crippen molar-refractivity contribution in [2.24, 2.45) is 0 Å². The van der Waals surface area contributed by atoms with Crippen LogP contribution in [0.4, 0.5) is 5.69 Å². The van der Waals surface area contributed by atoms with E-state index in [1.54, 1.807) is 7.11 Å². The maximum atomic E-state index is 5.58. The molecule has 1 aromatic rings. The van der Waals surface area contributed by atoms with Gasteiger partial charge in [-0.1, -0.05) is 0 Å². The highest BCUT2D eigenvalue weighted by atomic mass is 79.9. The third kappa shape index (κ3) is 3.61. The summed E-state index contributed by atoms with van der Waals surface area (Å²) in [4.78, 5) is 0. The van der Waals surface area contributed by atoms with Crippen molar-refractivity contribution in [3.05, 3.63) is 22.7 Å². The molecule has 0 bridgehead atoms. The number of rotatable bonds is 5. The molecule has 1 fully saturated rings. The molecule has 4 heteroatoms. The van der Waals surface area contributed by atoms with Gasteiger partial charge in [-0.25, -0.2) is 0 Å². The van der Waals surface area contributed by atoms with Crippen molar-refractivity contribution in [1.82, 2.24) is 0 Å². The van der Waals surface area contributed by atoms with Gasteiger partial charge in [-0.15, -0.1) is 0 Å². The van der Waals surface area contributed by atoms with Gasteiger partial charge in [-0.05, 0) is 47.3 Å². The molecule has 1 aromatic carbocycles. The molecule has 1 atom stereocenters. The van der Waals surface area contributed by atoms with Crippen molar-refractivity contribution in [2.45, 2.75) is 25.4 Å². The average Bonchev–Trinajstić information content (AvgIpc) is 2.84. The Hall–Kier alpha value is -0.740. The maximum Gasteiger partial charge on any atom is 0.135 e. The van der Waals surface area contributed by atoms with Crippen LogP contribution in [-0.2, 0) is 4.74 Å². The maximum absolute atomic E-state index is 5.58. The summed E-state index contributed by atoms with van der Waals surface area (Å²) in [5.74, 6) is 0.854. The predicted molar refractivity (Wildman–Crippen MR) is 72.8 cm³/mol. The molecule has 0 aliphatic carbocycles. The van der Waals surface area contributed by atoms with E-state index < -0.39 is 0 Å². The molecule has 2 rings (SSSR count). The summed E-state index contributed by atoms with van der Waals surface area (Å²) in [6.45, 7) is 1.87. The molecule has 17 heavy (non-hydrogen) atoms. The fourth-order valence-corrected chi connectivity index (χ4v) is 2.43. The van der Waals surface area contributed by atoms with Crippen LogP contribution in [0.1, 0.15) is 19.3 Å². The Morgan fingerprint density at radius 2 is 2.41 bits per heavy atom. The first-order valence-corrected chi connectivity index (χ1v) is 6.78. The van der Waals surface area contributed by atoms with E-state index in [9.17, 15) is 0 Å². The normalized spacial score (nSPS) is 19.3. The summed E-state index contributed by atoms with van der Waals surface area (Å²) in [7, 11) is 1.68. The van der Waals surface area contributed by atoms with E-state index in [0.717, 1.165) is 35.5 Å². The predicted octanol–water partition coefficient (Wildman–Crippen LogP) is 3.44. The first-order chi connectivity index (χ1) is 8.29. The zero-order chi connectivity index (χ0) is 12.1. The highest BCUT2D eigenvalue weighted by Crippen LogP contribution is 2.27. The van der Waals surface area contributed by atoms with Gasteiger partial charge in [0.15, 0.2) is 0 Å². The van der Waals surface area contributed by atoms with Crippen molar-refractivity contribution < 1.29 is 9.47 Å². The van der Waals surface area contributed by atoms with Crippen molar-refractivity contribution in [3.63, 3.8) is 0 Å². The summed E-state index contributed by atoms with van der Waals surface area (Å²) in [5.41, 5.74) is 1.09. The number of hydrogen-bond acceptors (Lipinski definition) is 3. The Bertz CT molecular complexity index is 364.